The predicted octanol–water partition coefficient (Wildman–Crippen LogP) is 3.00. The van der Waals surface area contributed by atoms with Crippen molar-refractivity contribution >= 4 is 33.0 Å². The van der Waals surface area contributed by atoms with Crippen molar-refractivity contribution in [3.63, 3.8) is 0 Å². The van der Waals surface area contributed by atoms with Crippen molar-refractivity contribution < 1.29 is 17.2 Å². The Balaban J connectivity index is 2.50. The maximum atomic E-state index is 13.7. The molecule has 0 saturated heterocycles. The van der Waals surface area contributed by atoms with Crippen LogP contribution in [0.15, 0.2) is 41.3 Å². The SMILES string of the molecule is Nc1cccc(F)c1S(=O)(=O)Nc1cccc(Cl)c1F. The molecule has 0 atom stereocenters. The summed E-state index contributed by atoms with van der Waals surface area (Å²) in [5, 5.41) is -0.258. The number of anilines is 2. The van der Waals surface area contributed by atoms with Gasteiger partial charge in [-0.2, -0.15) is 0 Å². The van der Waals surface area contributed by atoms with Crippen molar-refractivity contribution in [2.75, 3.05) is 10.5 Å². The molecule has 2 aromatic carbocycles. The van der Waals surface area contributed by atoms with E-state index in [1.807, 2.05) is 4.72 Å². The van der Waals surface area contributed by atoms with Gasteiger partial charge in [-0.05, 0) is 24.3 Å². The summed E-state index contributed by atoms with van der Waals surface area (Å²) < 4.78 is 53.3. The highest BCUT2D eigenvalue weighted by Gasteiger charge is 2.23. The van der Waals surface area contributed by atoms with E-state index in [0.717, 1.165) is 12.1 Å². The van der Waals surface area contributed by atoms with Gasteiger partial charge in [0, 0.05) is 0 Å². The molecule has 0 aliphatic heterocycles. The monoisotopic (exact) mass is 318 g/mol. The molecular weight excluding hydrogens is 310 g/mol. The first kappa shape index (κ1) is 14.5. The molecule has 8 heteroatoms. The van der Waals surface area contributed by atoms with Crippen LogP contribution in [0.2, 0.25) is 5.02 Å². The fourth-order valence-corrected chi connectivity index (χ4v) is 3.01. The summed E-state index contributed by atoms with van der Waals surface area (Å²) in [4.78, 5) is -0.737. The van der Waals surface area contributed by atoms with Gasteiger partial charge in [0.05, 0.1) is 16.4 Å². The Hall–Kier alpha value is -1.86. The predicted molar refractivity (Wildman–Crippen MR) is 73.0 cm³/mol. The number of nitrogen functional groups attached to an aromatic ring is 1. The summed E-state index contributed by atoms with van der Waals surface area (Å²) in [6.45, 7) is 0. The van der Waals surface area contributed by atoms with E-state index in [9.17, 15) is 17.2 Å². The van der Waals surface area contributed by atoms with Crippen molar-refractivity contribution in [2.45, 2.75) is 4.90 Å². The van der Waals surface area contributed by atoms with Gasteiger partial charge in [0.2, 0.25) is 0 Å². The fraction of sp³-hybridized carbons (Fsp3) is 0. The quantitative estimate of drug-likeness (QED) is 0.854. The molecule has 0 aromatic heterocycles. The van der Waals surface area contributed by atoms with Gasteiger partial charge in [-0.25, -0.2) is 17.2 Å². The second-order valence-corrected chi connectivity index (χ2v) is 5.89. The Labute approximate surface area is 119 Å². The first-order valence-corrected chi connectivity index (χ1v) is 7.20. The zero-order chi connectivity index (χ0) is 14.9. The second-order valence-electron chi connectivity index (χ2n) is 3.87. The first-order chi connectivity index (χ1) is 9.33. The molecule has 0 amide bonds. The van der Waals surface area contributed by atoms with Gasteiger partial charge in [0.1, 0.15) is 10.7 Å². The minimum atomic E-state index is -4.36. The molecule has 20 heavy (non-hydrogen) atoms. The second kappa shape index (κ2) is 5.26. The van der Waals surface area contributed by atoms with Crippen LogP contribution in [0.1, 0.15) is 0 Å². The maximum Gasteiger partial charge on any atom is 0.266 e. The van der Waals surface area contributed by atoms with Gasteiger partial charge < -0.3 is 5.73 Å². The summed E-state index contributed by atoms with van der Waals surface area (Å²) in [6, 6.07) is 7.21. The van der Waals surface area contributed by atoms with Crippen LogP contribution in [0.4, 0.5) is 20.2 Å². The minimum Gasteiger partial charge on any atom is -0.398 e. The first-order valence-electron chi connectivity index (χ1n) is 5.34. The molecule has 0 aliphatic rings. The van der Waals surface area contributed by atoms with Gasteiger partial charge >= 0.3 is 0 Å². The lowest BCUT2D eigenvalue weighted by Gasteiger charge is -2.11. The summed E-state index contributed by atoms with van der Waals surface area (Å²) in [7, 11) is -4.36. The summed E-state index contributed by atoms with van der Waals surface area (Å²) >= 11 is 5.54. The molecule has 2 rings (SSSR count). The van der Waals surface area contributed by atoms with E-state index in [1.54, 1.807) is 0 Å². The number of nitrogens with two attached hydrogens (primary N) is 1. The highest BCUT2D eigenvalue weighted by atomic mass is 35.5. The molecule has 0 spiro atoms. The molecular formula is C12H9ClF2N2O2S. The smallest absolute Gasteiger partial charge is 0.266 e. The number of hydrogen-bond donors (Lipinski definition) is 2. The Morgan fingerprint density at radius 2 is 1.75 bits per heavy atom. The van der Waals surface area contributed by atoms with Crippen molar-refractivity contribution in [3.05, 3.63) is 53.1 Å². The zero-order valence-corrected chi connectivity index (χ0v) is 11.5. The average molecular weight is 319 g/mol. The number of rotatable bonds is 3. The lowest BCUT2D eigenvalue weighted by Crippen LogP contribution is -2.17. The zero-order valence-electron chi connectivity index (χ0n) is 9.90. The van der Waals surface area contributed by atoms with Gasteiger partial charge in [-0.15, -0.1) is 0 Å². The maximum absolute atomic E-state index is 13.7. The van der Waals surface area contributed by atoms with E-state index in [1.165, 1.54) is 24.3 Å². The number of sulfonamides is 1. The van der Waals surface area contributed by atoms with Gasteiger partial charge in [-0.1, -0.05) is 23.7 Å². The van der Waals surface area contributed by atoms with Crippen molar-refractivity contribution in [1.29, 1.82) is 0 Å². The van der Waals surface area contributed by atoms with Crippen LogP contribution in [-0.4, -0.2) is 8.42 Å². The highest BCUT2D eigenvalue weighted by Crippen LogP contribution is 2.27. The lowest BCUT2D eigenvalue weighted by atomic mass is 10.3. The normalized spacial score (nSPS) is 11.3. The van der Waals surface area contributed by atoms with E-state index >= 15 is 0 Å². The molecule has 0 radical (unpaired) electrons. The standard InChI is InChI=1S/C12H9ClF2N2O2S/c13-7-3-1-6-10(11(7)15)17-20(18,19)12-8(14)4-2-5-9(12)16/h1-6,17H,16H2. The van der Waals surface area contributed by atoms with Crippen LogP contribution in [0.5, 0.6) is 0 Å². The van der Waals surface area contributed by atoms with Crippen LogP contribution in [0, 0.1) is 11.6 Å². The molecule has 0 heterocycles. The van der Waals surface area contributed by atoms with E-state index in [0.29, 0.717) is 0 Å². The molecule has 0 aliphatic carbocycles. The lowest BCUT2D eigenvalue weighted by molar-refractivity contribution is 0.571. The third kappa shape index (κ3) is 2.68. The third-order valence-electron chi connectivity index (χ3n) is 2.46. The Morgan fingerprint density at radius 3 is 2.40 bits per heavy atom. The molecule has 0 unspecified atom stereocenters. The Kier molecular flexibility index (Phi) is 3.82. The summed E-state index contributed by atoms with van der Waals surface area (Å²) in [6.07, 6.45) is 0. The number of halogens is 3. The van der Waals surface area contributed by atoms with Gasteiger partial charge in [-0.3, -0.25) is 4.72 Å². The van der Waals surface area contributed by atoms with Crippen LogP contribution < -0.4 is 10.5 Å². The van der Waals surface area contributed by atoms with Gasteiger partial charge in [0.15, 0.2) is 5.82 Å². The molecule has 3 N–H and O–H groups in total. The largest absolute Gasteiger partial charge is 0.398 e. The molecule has 106 valence electrons. The van der Waals surface area contributed by atoms with E-state index < -0.39 is 26.6 Å². The Morgan fingerprint density at radius 1 is 1.10 bits per heavy atom. The molecule has 0 fully saturated rings. The molecule has 2 aromatic rings. The summed E-state index contributed by atoms with van der Waals surface area (Å²) in [5.41, 5.74) is 4.78. The van der Waals surface area contributed by atoms with Crippen LogP contribution >= 0.6 is 11.6 Å². The molecule has 0 bridgehead atoms. The van der Waals surface area contributed by atoms with Crippen LogP contribution in [0.25, 0.3) is 0 Å². The van der Waals surface area contributed by atoms with Crippen molar-refractivity contribution in [1.82, 2.24) is 0 Å². The summed E-state index contributed by atoms with van der Waals surface area (Å²) in [5.74, 6) is -1.98. The van der Waals surface area contributed by atoms with E-state index in [2.05, 4.69) is 0 Å². The number of nitrogens with one attached hydrogen (secondary N) is 1. The van der Waals surface area contributed by atoms with E-state index in [4.69, 9.17) is 17.3 Å². The fourth-order valence-electron chi connectivity index (χ4n) is 1.59. The average Bonchev–Trinajstić information content (AvgIpc) is 2.34. The topological polar surface area (TPSA) is 72.2 Å². The number of hydrogen-bond acceptors (Lipinski definition) is 3. The highest BCUT2D eigenvalue weighted by molar-refractivity contribution is 7.92. The third-order valence-corrected chi connectivity index (χ3v) is 4.21. The van der Waals surface area contributed by atoms with Crippen molar-refractivity contribution in [3.8, 4) is 0 Å². The minimum absolute atomic E-state index is 0.258. The van der Waals surface area contributed by atoms with Crippen LogP contribution in [0.3, 0.4) is 0 Å². The molecule has 0 saturated carbocycles. The molecule has 4 nitrogen and oxygen atoms in total. The van der Waals surface area contributed by atoms with Crippen molar-refractivity contribution in [2.24, 2.45) is 0 Å². The van der Waals surface area contributed by atoms with Gasteiger partial charge in [0.25, 0.3) is 10.0 Å². The Bertz CT molecular complexity index is 746. The van der Waals surface area contributed by atoms with Crippen LogP contribution in [-0.2, 0) is 10.0 Å². The number of benzene rings is 2. The van der Waals surface area contributed by atoms with E-state index in [-0.39, 0.29) is 16.4 Å².